The van der Waals surface area contributed by atoms with Crippen molar-refractivity contribution >= 4 is 33.4 Å². The Kier molecular flexibility index (Phi) is 3.45. The highest BCUT2D eigenvalue weighted by Crippen LogP contribution is 2.29. The zero-order valence-corrected chi connectivity index (χ0v) is 11.4. The molecule has 0 N–H and O–H groups in total. The van der Waals surface area contributed by atoms with Gasteiger partial charge in [0.05, 0.1) is 0 Å². The first-order chi connectivity index (χ1) is 10.5. The number of carbonyl (C=O) groups is 1. The van der Waals surface area contributed by atoms with Gasteiger partial charge in [0, 0.05) is 0 Å². The van der Waals surface area contributed by atoms with Crippen LogP contribution in [0.15, 0.2) is 60.7 Å². The second-order valence-corrected chi connectivity index (χ2v) is 4.93. The van der Waals surface area contributed by atoms with E-state index in [0.29, 0.717) is 11.6 Å². The lowest BCUT2D eigenvalue weighted by Gasteiger charge is -2.08. The molecule has 0 aliphatic carbocycles. The first-order valence-electron chi connectivity index (χ1n) is 6.66. The van der Waals surface area contributed by atoms with E-state index in [0.717, 1.165) is 21.5 Å². The Labute approximate surface area is 124 Å². The second kappa shape index (κ2) is 5.30. The summed E-state index contributed by atoms with van der Waals surface area (Å²) < 4.78 is 37.0. The summed E-state index contributed by atoms with van der Waals surface area (Å²) >= 11 is 0. The van der Waals surface area contributed by atoms with Gasteiger partial charge in [0.15, 0.2) is 0 Å². The largest absolute Gasteiger partial charge is 0.454 e. The van der Waals surface area contributed by atoms with Crippen LogP contribution in [0.25, 0.3) is 27.6 Å². The Bertz CT molecular complexity index is 892. The van der Waals surface area contributed by atoms with Gasteiger partial charge in [-0.15, -0.1) is 0 Å². The highest BCUT2D eigenvalue weighted by Gasteiger charge is 2.35. The van der Waals surface area contributed by atoms with Crippen molar-refractivity contribution in [3.8, 4) is 0 Å². The van der Waals surface area contributed by atoms with Crippen molar-refractivity contribution in [1.82, 2.24) is 0 Å². The summed E-state index contributed by atoms with van der Waals surface area (Å²) in [6, 6.07) is 16.9. The van der Waals surface area contributed by atoms with Gasteiger partial charge in [-0.05, 0) is 39.3 Å². The third-order valence-corrected chi connectivity index (χ3v) is 3.49. The molecule has 0 atom stereocenters. The van der Waals surface area contributed by atoms with Gasteiger partial charge < -0.3 is 0 Å². The molecule has 0 aromatic heterocycles. The first kappa shape index (κ1) is 14.3. The van der Waals surface area contributed by atoms with Crippen LogP contribution < -0.4 is 0 Å². The number of allylic oxidation sites excluding steroid dienone is 1. The predicted octanol–water partition coefficient (Wildman–Crippen LogP) is 5.14. The number of benzene rings is 3. The van der Waals surface area contributed by atoms with E-state index in [1.165, 1.54) is 6.08 Å². The van der Waals surface area contributed by atoms with Gasteiger partial charge in [-0.1, -0.05) is 54.6 Å². The summed E-state index contributed by atoms with van der Waals surface area (Å²) in [6.45, 7) is 0. The minimum atomic E-state index is -4.84. The molecule has 0 amide bonds. The zero-order chi connectivity index (χ0) is 15.7. The maximum atomic E-state index is 12.3. The molecule has 0 heterocycles. The minimum Gasteiger partial charge on any atom is -0.285 e. The van der Waals surface area contributed by atoms with Crippen LogP contribution in [0.4, 0.5) is 13.2 Å². The molecule has 110 valence electrons. The van der Waals surface area contributed by atoms with Gasteiger partial charge in [-0.2, -0.15) is 13.2 Å². The lowest BCUT2D eigenvalue weighted by atomic mass is 9.97. The van der Waals surface area contributed by atoms with Gasteiger partial charge in [-0.25, -0.2) is 0 Å². The highest BCUT2D eigenvalue weighted by molar-refractivity contribution is 6.11. The number of hydrogen-bond donors (Lipinski definition) is 0. The van der Waals surface area contributed by atoms with Crippen LogP contribution in [0.1, 0.15) is 5.56 Å². The fourth-order valence-electron chi connectivity index (χ4n) is 2.48. The first-order valence-corrected chi connectivity index (χ1v) is 6.66. The van der Waals surface area contributed by atoms with Crippen molar-refractivity contribution in [3.63, 3.8) is 0 Å². The molecule has 3 aromatic carbocycles. The molecule has 0 aliphatic heterocycles. The molecule has 22 heavy (non-hydrogen) atoms. The molecule has 0 unspecified atom stereocenters. The molecule has 0 saturated heterocycles. The summed E-state index contributed by atoms with van der Waals surface area (Å²) in [6.07, 6.45) is -3.04. The quantitative estimate of drug-likeness (QED) is 0.473. The van der Waals surface area contributed by atoms with Crippen molar-refractivity contribution in [2.45, 2.75) is 6.18 Å². The minimum absolute atomic E-state index is 0.580. The molecule has 1 nitrogen and oxygen atoms in total. The Hall–Kier alpha value is -2.62. The molecular weight excluding hydrogens is 289 g/mol. The average molecular weight is 300 g/mol. The molecule has 0 radical (unpaired) electrons. The monoisotopic (exact) mass is 300 g/mol. The van der Waals surface area contributed by atoms with E-state index >= 15 is 0 Å². The molecular formula is C18H11F3O. The van der Waals surface area contributed by atoms with Gasteiger partial charge in [0.2, 0.25) is 0 Å². The third kappa shape index (κ3) is 2.60. The van der Waals surface area contributed by atoms with E-state index in [2.05, 4.69) is 0 Å². The molecule has 0 fully saturated rings. The molecule has 0 aliphatic rings. The van der Waals surface area contributed by atoms with Crippen LogP contribution in [-0.2, 0) is 4.79 Å². The van der Waals surface area contributed by atoms with Gasteiger partial charge >= 0.3 is 6.18 Å². The van der Waals surface area contributed by atoms with E-state index in [4.69, 9.17) is 0 Å². The summed E-state index contributed by atoms with van der Waals surface area (Å²) in [7, 11) is 0. The Balaban J connectivity index is 2.20. The number of ketones is 1. The van der Waals surface area contributed by atoms with Gasteiger partial charge in [0.1, 0.15) is 0 Å². The molecule has 4 heteroatoms. The summed E-state index contributed by atoms with van der Waals surface area (Å²) in [4.78, 5) is 11.0. The van der Waals surface area contributed by atoms with Crippen molar-refractivity contribution in [2.75, 3.05) is 0 Å². The molecule has 0 spiro atoms. The van der Waals surface area contributed by atoms with Crippen LogP contribution in [0.5, 0.6) is 0 Å². The van der Waals surface area contributed by atoms with E-state index in [1.54, 1.807) is 6.07 Å². The Morgan fingerprint density at radius 3 is 2.14 bits per heavy atom. The molecule has 0 saturated carbocycles. The van der Waals surface area contributed by atoms with E-state index in [-0.39, 0.29) is 0 Å². The average Bonchev–Trinajstić information content (AvgIpc) is 2.51. The Morgan fingerprint density at radius 1 is 0.864 bits per heavy atom. The number of hydrogen-bond acceptors (Lipinski definition) is 1. The maximum absolute atomic E-state index is 12.3. The smallest absolute Gasteiger partial charge is 0.285 e. The number of fused-ring (bicyclic) bond motifs is 3. The molecule has 3 rings (SSSR count). The number of halogens is 3. The fraction of sp³-hybridized carbons (Fsp3) is 0.0556. The summed E-state index contributed by atoms with van der Waals surface area (Å²) in [5, 5.41) is 3.70. The number of carbonyl (C=O) groups excluding carboxylic acids is 1. The maximum Gasteiger partial charge on any atom is 0.454 e. The number of rotatable bonds is 2. The highest BCUT2D eigenvalue weighted by atomic mass is 19.4. The predicted molar refractivity (Wildman–Crippen MR) is 81.6 cm³/mol. The van der Waals surface area contributed by atoms with Crippen molar-refractivity contribution in [2.24, 2.45) is 0 Å². The zero-order valence-electron chi connectivity index (χ0n) is 11.4. The molecule has 3 aromatic rings. The Morgan fingerprint density at radius 2 is 1.45 bits per heavy atom. The van der Waals surface area contributed by atoms with Gasteiger partial charge in [-0.3, -0.25) is 4.79 Å². The topological polar surface area (TPSA) is 17.1 Å². The normalized spacial score (nSPS) is 12.3. The second-order valence-electron chi connectivity index (χ2n) is 4.93. The van der Waals surface area contributed by atoms with Crippen LogP contribution in [-0.4, -0.2) is 12.0 Å². The molecule has 0 bridgehead atoms. The van der Waals surface area contributed by atoms with E-state index < -0.39 is 12.0 Å². The van der Waals surface area contributed by atoms with Gasteiger partial charge in [0.25, 0.3) is 5.78 Å². The van der Waals surface area contributed by atoms with E-state index in [9.17, 15) is 18.0 Å². The lowest BCUT2D eigenvalue weighted by molar-refractivity contribution is -0.165. The van der Waals surface area contributed by atoms with E-state index in [1.807, 2.05) is 48.5 Å². The fourth-order valence-corrected chi connectivity index (χ4v) is 2.48. The SMILES string of the molecule is O=C(/C=C/c1cc2ccccc2c2ccccc12)C(F)(F)F. The van der Waals surface area contributed by atoms with Crippen molar-refractivity contribution < 1.29 is 18.0 Å². The number of alkyl halides is 3. The van der Waals surface area contributed by atoms with Crippen molar-refractivity contribution in [1.29, 1.82) is 0 Å². The standard InChI is InChI=1S/C18H11F3O/c19-18(20,21)17(22)10-9-13-11-12-5-1-2-6-14(12)16-8-4-3-7-15(13)16/h1-11H/b10-9+. The van der Waals surface area contributed by atoms with Crippen LogP contribution in [0.2, 0.25) is 0 Å². The van der Waals surface area contributed by atoms with Crippen molar-refractivity contribution in [3.05, 3.63) is 66.2 Å². The summed E-state index contributed by atoms with van der Waals surface area (Å²) in [5.74, 6) is -1.86. The van der Waals surface area contributed by atoms with Crippen LogP contribution >= 0.6 is 0 Å². The lowest BCUT2D eigenvalue weighted by Crippen LogP contribution is -2.19. The van der Waals surface area contributed by atoms with Crippen LogP contribution in [0.3, 0.4) is 0 Å². The third-order valence-electron chi connectivity index (χ3n) is 3.49. The van der Waals surface area contributed by atoms with Crippen LogP contribution in [0, 0.1) is 0 Å². The summed E-state index contributed by atoms with van der Waals surface area (Å²) in [5.41, 5.74) is 0.590.